The number of piperazine rings is 1. The summed E-state index contributed by atoms with van der Waals surface area (Å²) in [6.45, 7) is 8.73. The fourth-order valence-electron chi connectivity index (χ4n) is 4.34. The molecule has 2 unspecified atom stereocenters. The van der Waals surface area contributed by atoms with Crippen molar-refractivity contribution in [2.45, 2.75) is 32.5 Å². The molecular formula is C24H37N7O. The second-order valence-electron chi connectivity index (χ2n) is 9.22. The lowest BCUT2D eigenvalue weighted by Crippen LogP contribution is -2.44. The van der Waals surface area contributed by atoms with Gasteiger partial charge in [0.25, 0.3) is 0 Å². The van der Waals surface area contributed by atoms with Crippen molar-refractivity contribution in [2.24, 2.45) is 5.92 Å². The number of aromatic nitrogens is 1. The fraction of sp³-hybridized carbons (Fsp3) is 0.542. The minimum atomic E-state index is 0.245. The molecule has 2 fully saturated rings. The number of pyridine rings is 1. The highest BCUT2D eigenvalue weighted by atomic mass is 16.5. The molecule has 0 saturated carbocycles. The van der Waals surface area contributed by atoms with Crippen LogP contribution in [0.5, 0.6) is 5.75 Å². The molecule has 0 bridgehead atoms. The molecule has 0 radical (unpaired) electrons. The molecule has 0 spiro atoms. The van der Waals surface area contributed by atoms with Crippen LogP contribution < -0.4 is 25.7 Å². The predicted molar refractivity (Wildman–Crippen MR) is 132 cm³/mol. The Morgan fingerprint density at radius 1 is 1.09 bits per heavy atom. The van der Waals surface area contributed by atoms with Gasteiger partial charge in [-0.2, -0.15) is 0 Å². The van der Waals surface area contributed by atoms with Crippen LogP contribution in [0.3, 0.4) is 0 Å². The molecule has 174 valence electrons. The van der Waals surface area contributed by atoms with Crippen LogP contribution in [0.2, 0.25) is 0 Å². The zero-order chi connectivity index (χ0) is 22.7. The minimum Gasteiger partial charge on any atom is -0.494 e. The third kappa shape index (κ3) is 5.26. The summed E-state index contributed by atoms with van der Waals surface area (Å²) in [5.41, 5.74) is 6.69. The van der Waals surface area contributed by atoms with Gasteiger partial charge < -0.3 is 25.2 Å². The van der Waals surface area contributed by atoms with Crippen LogP contribution >= 0.6 is 0 Å². The van der Waals surface area contributed by atoms with Crippen molar-refractivity contribution in [3.8, 4) is 5.75 Å². The molecule has 2 aromatic rings. The third-order valence-corrected chi connectivity index (χ3v) is 6.53. The molecule has 0 aliphatic carbocycles. The largest absolute Gasteiger partial charge is 0.494 e. The van der Waals surface area contributed by atoms with E-state index >= 15 is 0 Å². The number of nitrogens with one attached hydrogen (secondary N) is 3. The van der Waals surface area contributed by atoms with Crippen molar-refractivity contribution in [1.82, 2.24) is 20.3 Å². The van der Waals surface area contributed by atoms with E-state index in [1.807, 2.05) is 18.3 Å². The summed E-state index contributed by atoms with van der Waals surface area (Å²) in [5.74, 6) is 2.20. The molecule has 2 saturated heterocycles. The lowest BCUT2D eigenvalue weighted by molar-refractivity contribution is 0.232. The van der Waals surface area contributed by atoms with Crippen LogP contribution in [0.15, 0.2) is 36.5 Å². The minimum absolute atomic E-state index is 0.245. The Kier molecular flexibility index (Phi) is 7.03. The molecular weight excluding hydrogens is 402 g/mol. The number of anilines is 4. The first kappa shape index (κ1) is 22.6. The zero-order valence-electron chi connectivity index (χ0n) is 19.9. The molecule has 1 aromatic carbocycles. The number of rotatable bonds is 7. The van der Waals surface area contributed by atoms with Crippen LogP contribution in [0.25, 0.3) is 0 Å². The van der Waals surface area contributed by atoms with E-state index in [2.05, 4.69) is 82.0 Å². The van der Waals surface area contributed by atoms with Crippen LogP contribution in [-0.2, 0) is 0 Å². The molecule has 2 aliphatic heterocycles. The molecule has 2 atom stereocenters. The van der Waals surface area contributed by atoms with E-state index in [9.17, 15) is 0 Å². The van der Waals surface area contributed by atoms with Crippen molar-refractivity contribution in [3.63, 3.8) is 0 Å². The van der Waals surface area contributed by atoms with Gasteiger partial charge in [-0.3, -0.25) is 5.43 Å². The maximum Gasteiger partial charge on any atom is 0.144 e. The number of hydrogen-bond donors (Lipinski definition) is 3. The Hall–Kier alpha value is -2.55. The number of hydrogen-bond acceptors (Lipinski definition) is 8. The lowest BCUT2D eigenvalue weighted by Gasteiger charge is -2.34. The van der Waals surface area contributed by atoms with E-state index in [1.165, 1.54) is 5.69 Å². The summed E-state index contributed by atoms with van der Waals surface area (Å²) in [7, 11) is 5.98. The standard InChI is InChI=1S/C24H37N7O/c1-17(2)21-16-24(30(4)28-21)26-18-8-9-25-23(14-18)27-20-7-6-19(15-22(20)32-5)31-12-10-29(3)11-13-31/h6-9,14-15,17,21,24,28H,10-13,16H2,1-5H3,(H2,25,26,27). The van der Waals surface area contributed by atoms with Crippen LogP contribution in [-0.4, -0.2) is 74.5 Å². The topological polar surface area (TPSA) is 67.9 Å². The molecule has 4 rings (SSSR count). The van der Waals surface area contributed by atoms with Gasteiger partial charge in [0.1, 0.15) is 11.6 Å². The van der Waals surface area contributed by atoms with Crippen molar-refractivity contribution in [2.75, 3.05) is 62.9 Å². The van der Waals surface area contributed by atoms with Crippen LogP contribution in [0.4, 0.5) is 22.9 Å². The first-order valence-corrected chi connectivity index (χ1v) is 11.5. The fourth-order valence-corrected chi connectivity index (χ4v) is 4.34. The molecule has 3 N–H and O–H groups in total. The van der Waals surface area contributed by atoms with Gasteiger partial charge in [0, 0.05) is 69.0 Å². The summed E-state index contributed by atoms with van der Waals surface area (Å²) in [6, 6.07) is 10.9. The van der Waals surface area contributed by atoms with Crippen molar-refractivity contribution >= 4 is 22.9 Å². The summed E-state index contributed by atoms with van der Waals surface area (Å²) in [4.78, 5) is 9.28. The van der Waals surface area contributed by atoms with Gasteiger partial charge in [0.2, 0.25) is 0 Å². The summed E-state index contributed by atoms with van der Waals surface area (Å²) < 4.78 is 5.70. The summed E-state index contributed by atoms with van der Waals surface area (Å²) >= 11 is 0. The van der Waals surface area contributed by atoms with Crippen molar-refractivity contribution < 1.29 is 4.74 Å². The van der Waals surface area contributed by atoms with E-state index < -0.39 is 0 Å². The first-order chi connectivity index (χ1) is 15.4. The SMILES string of the molecule is COc1cc(N2CCN(C)CC2)ccc1Nc1cc(NC2CC(C(C)C)NN2C)ccn1. The van der Waals surface area contributed by atoms with E-state index in [0.717, 1.165) is 55.5 Å². The molecule has 1 aromatic heterocycles. The maximum atomic E-state index is 5.70. The average Bonchev–Trinajstić information content (AvgIpc) is 3.15. The lowest BCUT2D eigenvalue weighted by atomic mass is 10.0. The monoisotopic (exact) mass is 439 g/mol. The third-order valence-electron chi connectivity index (χ3n) is 6.53. The second-order valence-corrected chi connectivity index (χ2v) is 9.22. The van der Waals surface area contributed by atoms with Crippen LogP contribution in [0, 0.1) is 5.92 Å². The number of methoxy groups -OCH3 is 1. The van der Waals surface area contributed by atoms with Crippen molar-refractivity contribution in [1.29, 1.82) is 0 Å². The zero-order valence-corrected chi connectivity index (χ0v) is 19.9. The Morgan fingerprint density at radius 3 is 2.56 bits per heavy atom. The average molecular weight is 440 g/mol. The molecule has 32 heavy (non-hydrogen) atoms. The molecule has 3 heterocycles. The molecule has 0 amide bonds. The normalized spacial score (nSPS) is 22.4. The number of hydrazine groups is 1. The summed E-state index contributed by atoms with van der Waals surface area (Å²) in [6.07, 6.45) is 3.13. The first-order valence-electron chi connectivity index (χ1n) is 11.5. The van der Waals surface area contributed by atoms with Gasteiger partial charge in [-0.05, 0) is 37.6 Å². The number of benzene rings is 1. The highest BCUT2D eigenvalue weighted by molar-refractivity contribution is 5.70. The van der Waals surface area contributed by atoms with Crippen molar-refractivity contribution in [3.05, 3.63) is 36.5 Å². The number of likely N-dealkylation sites (N-methyl/N-ethyl adjacent to an activating group) is 1. The Morgan fingerprint density at radius 2 is 1.88 bits per heavy atom. The number of nitrogens with zero attached hydrogens (tertiary/aromatic N) is 4. The Balaban J connectivity index is 1.44. The second kappa shape index (κ2) is 9.94. The van der Waals surface area contributed by atoms with Crippen LogP contribution in [0.1, 0.15) is 20.3 Å². The molecule has 8 heteroatoms. The maximum absolute atomic E-state index is 5.70. The van der Waals surface area contributed by atoms with E-state index in [-0.39, 0.29) is 6.17 Å². The Bertz CT molecular complexity index is 898. The van der Waals surface area contributed by atoms with Gasteiger partial charge in [-0.25, -0.2) is 9.99 Å². The van der Waals surface area contributed by atoms with E-state index in [0.29, 0.717) is 12.0 Å². The highest BCUT2D eigenvalue weighted by Crippen LogP contribution is 2.32. The van der Waals surface area contributed by atoms with E-state index in [1.54, 1.807) is 7.11 Å². The van der Waals surface area contributed by atoms with Gasteiger partial charge in [-0.15, -0.1) is 0 Å². The predicted octanol–water partition coefficient (Wildman–Crippen LogP) is 3.19. The van der Waals surface area contributed by atoms with Gasteiger partial charge in [-0.1, -0.05) is 13.8 Å². The smallest absolute Gasteiger partial charge is 0.144 e. The quantitative estimate of drug-likeness (QED) is 0.608. The van der Waals surface area contributed by atoms with Gasteiger partial charge in [0.05, 0.1) is 19.0 Å². The van der Waals surface area contributed by atoms with Gasteiger partial charge >= 0.3 is 0 Å². The molecule has 2 aliphatic rings. The Labute approximate surface area is 191 Å². The summed E-state index contributed by atoms with van der Waals surface area (Å²) in [5, 5.41) is 9.22. The highest BCUT2D eigenvalue weighted by Gasteiger charge is 2.30. The number of ether oxygens (including phenoxy) is 1. The molecule has 8 nitrogen and oxygen atoms in total. The van der Waals surface area contributed by atoms with Gasteiger partial charge in [0.15, 0.2) is 0 Å². The van der Waals surface area contributed by atoms with E-state index in [4.69, 9.17) is 4.74 Å².